The van der Waals surface area contributed by atoms with E-state index in [1.54, 1.807) is 0 Å². The van der Waals surface area contributed by atoms with Crippen molar-refractivity contribution >= 4 is 11.8 Å². The highest BCUT2D eigenvalue weighted by Gasteiger charge is 2.22. The molecule has 0 saturated heterocycles. The predicted octanol–water partition coefficient (Wildman–Crippen LogP) is 0.269. The van der Waals surface area contributed by atoms with Gasteiger partial charge in [-0.05, 0) is 19.3 Å². The Morgan fingerprint density at radius 3 is 2.86 bits per heavy atom. The summed E-state index contributed by atoms with van der Waals surface area (Å²) in [5.74, 6) is 0.682. The molecule has 5 heteroatoms. The van der Waals surface area contributed by atoms with Gasteiger partial charge in [-0.3, -0.25) is 0 Å². The van der Waals surface area contributed by atoms with Crippen LogP contribution < -0.4 is 11.5 Å². The van der Waals surface area contributed by atoms with Crippen molar-refractivity contribution in [3.8, 4) is 6.07 Å². The van der Waals surface area contributed by atoms with Gasteiger partial charge >= 0.3 is 0 Å². The molecule has 0 bridgehead atoms. The molecule has 1 unspecified atom stereocenters. The number of aryl methyl sites for hydroxylation is 1. The van der Waals surface area contributed by atoms with Crippen molar-refractivity contribution in [2.75, 3.05) is 11.5 Å². The van der Waals surface area contributed by atoms with Gasteiger partial charge in [-0.15, -0.1) is 0 Å². The maximum absolute atomic E-state index is 8.81. The highest BCUT2D eigenvalue weighted by atomic mass is 15.0. The Labute approximate surface area is 81.8 Å². The lowest BCUT2D eigenvalue weighted by atomic mass is 9.88. The smallest absolute Gasteiger partial charge is 0.222 e. The lowest BCUT2D eigenvalue weighted by molar-refractivity contribution is 0.554. The summed E-state index contributed by atoms with van der Waals surface area (Å²) >= 11 is 0. The first kappa shape index (κ1) is 8.75. The number of anilines is 2. The average molecular weight is 189 g/mol. The van der Waals surface area contributed by atoms with Crippen LogP contribution in [0.5, 0.6) is 0 Å². The van der Waals surface area contributed by atoms with Gasteiger partial charge in [0.1, 0.15) is 5.82 Å². The molecule has 1 aliphatic rings. The summed E-state index contributed by atoms with van der Waals surface area (Å²) in [7, 11) is 0. The summed E-state index contributed by atoms with van der Waals surface area (Å²) in [5.41, 5.74) is 13.0. The molecule has 0 radical (unpaired) electrons. The molecule has 0 amide bonds. The molecule has 1 atom stereocenters. The van der Waals surface area contributed by atoms with E-state index in [4.69, 9.17) is 16.7 Å². The fourth-order valence-corrected chi connectivity index (χ4v) is 1.77. The Kier molecular flexibility index (Phi) is 1.97. The van der Waals surface area contributed by atoms with Crippen molar-refractivity contribution in [2.45, 2.75) is 19.3 Å². The number of nitrogen functional groups attached to an aromatic ring is 2. The van der Waals surface area contributed by atoms with Gasteiger partial charge in [0.15, 0.2) is 0 Å². The molecule has 5 nitrogen and oxygen atoms in total. The fraction of sp³-hybridized carbons (Fsp3) is 0.444. The zero-order valence-corrected chi connectivity index (χ0v) is 7.70. The monoisotopic (exact) mass is 189 g/mol. The number of hydrogen-bond donors (Lipinski definition) is 2. The van der Waals surface area contributed by atoms with Crippen molar-refractivity contribution in [3.05, 3.63) is 11.3 Å². The van der Waals surface area contributed by atoms with E-state index in [9.17, 15) is 0 Å². The maximum Gasteiger partial charge on any atom is 0.222 e. The number of rotatable bonds is 0. The van der Waals surface area contributed by atoms with E-state index < -0.39 is 0 Å². The molecular weight excluding hydrogens is 178 g/mol. The molecule has 72 valence electrons. The SMILES string of the molecule is N#CC1CCc2nc(N)nc(N)c2C1. The zero-order valence-electron chi connectivity index (χ0n) is 7.70. The molecule has 14 heavy (non-hydrogen) atoms. The summed E-state index contributed by atoms with van der Waals surface area (Å²) in [5, 5.41) is 8.81. The maximum atomic E-state index is 8.81. The van der Waals surface area contributed by atoms with Crippen molar-refractivity contribution < 1.29 is 0 Å². The summed E-state index contributed by atoms with van der Waals surface area (Å²) in [6.07, 6.45) is 2.25. The number of fused-ring (bicyclic) bond motifs is 1. The minimum Gasteiger partial charge on any atom is -0.383 e. The second kappa shape index (κ2) is 3.14. The second-order valence-corrected chi connectivity index (χ2v) is 3.46. The largest absolute Gasteiger partial charge is 0.383 e. The minimum atomic E-state index is 0.0389. The third-order valence-electron chi connectivity index (χ3n) is 2.50. The van der Waals surface area contributed by atoms with Gasteiger partial charge in [0.05, 0.1) is 17.7 Å². The van der Waals surface area contributed by atoms with Gasteiger partial charge in [0.25, 0.3) is 0 Å². The normalized spacial score (nSPS) is 19.8. The van der Waals surface area contributed by atoms with Gasteiger partial charge in [-0.2, -0.15) is 10.2 Å². The first-order valence-electron chi connectivity index (χ1n) is 4.51. The number of nitrogens with two attached hydrogens (primary N) is 2. The van der Waals surface area contributed by atoms with E-state index in [0.29, 0.717) is 12.2 Å². The molecule has 1 heterocycles. The third kappa shape index (κ3) is 1.35. The third-order valence-corrected chi connectivity index (χ3v) is 2.50. The van der Waals surface area contributed by atoms with Crippen LogP contribution in [-0.4, -0.2) is 9.97 Å². The van der Waals surface area contributed by atoms with Crippen molar-refractivity contribution in [1.82, 2.24) is 9.97 Å². The van der Waals surface area contributed by atoms with E-state index in [0.717, 1.165) is 24.1 Å². The molecule has 0 spiro atoms. The lowest BCUT2D eigenvalue weighted by Crippen LogP contribution is -2.18. The van der Waals surface area contributed by atoms with E-state index >= 15 is 0 Å². The van der Waals surface area contributed by atoms with Gasteiger partial charge < -0.3 is 11.5 Å². The minimum absolute atomic E-state index is 0.0389. The van der Waals surface area contributed by atoms with Crippen LogP contribution in [0.15, 0.2) is 0 Å². The lowest BCUT2D eigenvalue weighted by Gasteiger charge is -2.19. The van der Waals surface area contributed by atoms with Crippen LogP contribution in [0.1, 0.15) is 17.7 Å². The Bertz CT molecular complexity index is 406. The summed E-state index contributed by atoms with van der Waals surface area (Å²) in [4.78, 5) is 8.01. The molecule has 1 aromatic heterocycles. The van der Waals surface area contributed by atoms with E-state index in [1.165, 1.54) is 0 Å². The van der Waals surface area contributed by atoms with Crippen LogP contribution in [0.4, 0.5) is 11.8 Å². The second-order valence-electron chi connectivity index (χ2n) is 3.46. The highest BCUT2D eigenvalue weighted by Crippen LogP contribution is 2.27. The first-order valence-corrected chi connectivity index (χ1v) is 4.51. The van der Waals surface area contributed by atoms with Crippen LogP contribution in [0.25, 0.3) is 0 Å². The number of nitriles is 1. The quantitative estimate of drug-likeness (QED) is 0.609. The zero-order chi connectivity index (χ0) is 10.1. The van der Waals surface area contributed by atoms with E-state index in [1.807, 2.05) is 0 Å². The van der Waals surface area contributed by atoms with E-state index in [2.05, 4.69) is 16.0 Å². The molecule has 1 aliphatic carbocycles. The summed E-state index contributed by atoms with van der Waals surface area (Å²) in [6, 6.07) is 2.24. The molecular formula is C9H11N5. The molecule has 0 aromatic carbocycles. The topological polar surface area (TPSA) is 102 Å². The van der Waals surface area contributed by atoms with Crippen molar-refractivity contribution in [2.24, 2.45) is 5.92 Å². The van der Waals surface area contributed by atoms with Crippen molar-refractivity contribution in [3.63, 3.8) is 0 Å². The van der Waals surface area contributed by atoms with Crippen LogP contribution in [0.2, 0.25) is 0 Å². The summed E-state index contributed by atoms with van der Waals surface area (Å²) in [6.45, 7) is 0. The van der Waals surface area contributed by atoms with Crippen molar-refractivity contribution in [1.29, 1.82) is 5.26 Å². The average Bonchev–Trinajstić information content (AvgIpc) is 2.17. The Morgan fingerprint density at radius 2 is 2.14 bits per heavy atom. The predicted molar refractivity (Wildman–Crippen MR) is 52.0 cm³/mol. The molecule has 1 aromatic rings. The molecule has 0 aliphatic heterocycles. The van der Waals surface area contributed by atoms with Gasteiger partial charge in [0, 0.05) is 5.56 Å². The fourth-order valence-electron chi connectivity index (χ4n) is 1.77. The molecule has 0 saturated carbocycles. The Balaban J connectivity index is 2.43. The van der Waals surface area contributed by atoms with Gasteiger partial charge in [-0.25, -0.2) is 4.98 Å². The van der Waals surface area contributed by atoms with Gasteiger partial charge in [0.2, 0.25) is 5.95 Å². The van der Waals surface area contributed by atoms with Crippen LogP contribution in [0, 0.1) is 17.2 Å². The number of nitrogens with zero attached hydrogens (tertiary/aromatic N) is 3. The molecule has 0 fully saturated rings. The number of aromatic nitrogens is 2. The summed E-state index contributed by atoms with van der Waals surface area (Å²) < 4.78 is 0. The number of hydrogen-bond acceptors (Lipinski definition) is 5. The molecule has 4 N–H and O–H groups in total. The van der Waals surface area contributed by atoms with E-state index in [-0.39, 0.29) is 11.9 Å². The Morgan fingerprint density at radius 1 is 1.36 bits per heavy atom. The first-order chi connectivity index (χ1) is 6.70. The molecule has 2 rings (SSSR count). The van der Waals surface area contributed by atoms with Crippen LogP contribution >= 0.6 is 0 Å². The highest BCUT2D eigenvalue weighted by molar-refractivity contribution is 5.47. The van der Waals surface area contributed by atoms with Crippen LogP contribution in [-0.2, 0) is 12.8 Å². The Hall–Kier alpha value is -1.83. The van der Waals surface area contributed by atoms with Crippen LogP contribution in [0.3, 0.4) is 0 Å². The standard InChI is InChI=1S/C9H11N5/c10-4-5-1-2-7-6(3-5)8(11)14-9(12)13-7/h5H,1-3H2,(H4,11,12,13,14). The van der Waals surface area contributed by atoms with Gasteiger partial charge in [-0.1, -0.05) is 0 Å².